The molecular formula is C26H38N2O4. The number of nitrogens with zero attached hydrogens (tertiary/aromatic N) is 2. The lowest BCUT2D eigenvalue weighted by molar-refractivity contribution is 0.106. The maximum absolute atomic E-state index is 5.52. The maximum atomic E-state index is 5.52. The van der Waals surface area contributed by atoms with Gasteiger partial charge in [0.1, 0.15) is 17.2 Å². The first kappa shape index (κ1) is 24.4. The number of likely N-dealkylation sites (tertiary alicyclic amines) is 1. The minimum Gasteiger partial charge on any atom is -0.497 e. The van der Waals surface area contributed by atoms with Crippen molar-refractivity contribution >= 4 is 0 Å². The Bertz CT molecular complexity index is 799. The van der Waals surface area contributed by atoms with E-state index in [0.717, 1.165) is 63.1 Å². The standard InChI is InChI=1S/C26H38N2O4/c1-29-14-13-28(19-22-15-24(30-2)17-25(16-22)31-3)18-21-9-11-27(12-10-21)20-23-7-5-6-8-26(23)32-4/h5-8,15-17,21H,9-14,18-20H2,1-4H3. The molecule has 1 aliphatic heterocycles. The van der Waals surface area contributed by atoms with Crippen molar-refractivity contribution in [1.82, 2.24) is 9.80 Å². The molecule has 0 saturated carbocycles. The summed E-state index contributed by atoms with van der Waals surface area (Å²) >= 11 is 0. The highest BCUT2D eigenvalue weighted by atomic mass is 16.5. The molecule has 0 N–H and O–H groups in total. The van der Waals surface area contributed by atoms with Gasteiger partial charge in [0.2, 0.25) is 0 Å². The summed E-state index contributed by atoms with van der Waals surface area (Å²) in [4.78, 5) is 5.04. The van der Waals surface area contributed by atoms with Crippen LogP contribution >= 0.6 is 0 Å². The van der Waals surface area contributed by atoms with Crippen molar-refractivity contribution in [2.24, 2.45) is 5.92 Å². The van der Waals surface area contributed by atoms with Crippen molar-refractivity contribution in [2.45, 2.75) is 25.9 Å². The molecule has 0 spiro atoms. The van der Waals surface area contributed by atoms with Crippen LogP contribution < -0.4 is 14.2 Å². The molecule has 32 heavy (non-hydrogen) atoms. The lowest BCUT2D eigenvalue weighted by Crippen LogP contribution is -2.39. The second kappa shape index (κ2) is 12.7. The maximum Gasteiger partial charge on any atom is 0.123 e. The van der Waals surface area contributed by atoms with E-state index in [4.69, 9.17) is 18.9 Å². The Morgan fingerprint density at radius 3 is 2.22 bits per heavy atom. The summed E-state index contributed by atoms with van der Waals surface area (Å²) in [6, 6.07) is 14.4. The van der Waals surface area contributed by atoms with Crippen molar-refractivity contribution in [3.05, 3.63) is 53.6 Å². The fourth-order valence-electron chi connectivity index (χ4n) is 4.44. The Kier molecular flexibility index (Phi) is 9.65. The van der Waals surface area contributed by atoms with Crippen LogP contribution in [-0.4, -0.2) is 71.0 Å². The molecule has 1 heterocycles. The lowest BCUT2D eigenvalue weighted by atomic mass is 9.95. The number of benzene rings is 2. The minimum atomic E-state index is 0.688. The van der Waals surface area contributed by atoms with Gasteiger partial charge < -0.3 is 18.9 Å². The monoisotopic (exact) mass is 442 g/mol. The lowest BCUT2D eigenvalue weighted by Gasteiger charge is -2.35. The summed E-state index contributed by atoms with van der Waals surface area (Å²) in [5.74, 6) is 3.33. The largest absolute Gasteiger partial charge is 0.497 e. The molecule has 176 valence electrons. The van der Waals surface area contributed by atoms with Gasteiger partial charge in [0, 0.05) is 44.9 Å². The Morgan fingerprint density at radius 1 is 0.906 bits per heavy atom. The van der Waals surface area contributed by atoms with E-state index in [2.05, 4.69) is 34.1 Å². The molecule has 0 unspecified atom stereocenters. The van der Waals surface area contributed by atoms with Gasteiger partial charge in [0.25, 0.3) is 0 Å². The van der Waals surface area contributed by atoms with Gasteiger partial charge in [-0.15, -0.1) is 0 Å². The SMILES string of the molecule is COCCN(Cc1cc(OC)cc(OC)c1)CC1CCN(Cc2ccccc2OC)CC1. The van der Waals surface area contributed by atoms with Gasteiger partial charge in [-0.25, -0.2) is 0 Å². The summed E-state index contributed by atoms with van der Waals surface area (Å²) in [6.07, 6.45) is 2.42. The molecule has 1 fully saturated rings. The van der Waals surface area contributed by atoms with E-state index in [1.165, 1.54) is 24.0 Å². The molecule has 0 amide bonds. The summed E-state index contributed by atoms with van der Waals surface area (Å²) in [5.41, 5.74) is 2.47. The first-order chi connectivity index (χ1) is 15.6. The second-order valence-electron chi connectivity index (χ2n) is 8.48. The predicted molar refractivity (Wildman–Crippen MR) is 128 cm³/mol. The van der Waals surface area contributed by atoms with Gasteiger partial charge in [0.15, 0.2) is 0 Å². The van der Waals surface area contributed by atoms with Crippen molar-refractivity contribution < 1.29 is 18.9 Å². The van der Waals surface area contributed by atoms with E-state index >= 15 is 0 Å². The van der Waals surface area contributed by atoms with Crippen LogP contribution in [0.1, 0.15) is 24.0 Å². The first-order valence-electron chi connectivity index (χ1n) is 11.4. The predicted octanol–water partition coefficient (Wildman–Crippen LogP) is 4.07. The summed E-state index contributed by atoms with van der Waals surface area (Å²) in [7, 11) is 6.90. The van der Waals surface area contributed by atoms with E-state index in [0.29, 0.717) is 5.92 Å². The van der Waals surface area contributed by atoms with Crippen molar-refractivity contribution in [3.8, 4) is 17.2 Å². The number of hydrogen-bond acceptors (Lipinski definition) is 6. The molecule has 0 radical (unpaired) electrons. The number of piperidine rings is 1. The van der Waals surface area contributed by atoms with Crippen LogP contribution in [0.5, 0.6) is 17.2 Å². The van der Waals surface area contributed by atoms with Crippen LogP contribution in [0.15, 0.2) is 42.5 Å². The quantitative estimate of drug-likeness (QED) is 0.494. The van der Waals surface area contributed by atoms with Crippen LogP contribution in [0, 0.1) is 5.92 Å². The van der Waals surface area contributed by atoms with E-state index < -0.39 is 0 Å². The molecule has 0 aliphatic carbocycles. The fourth-order valence-corrected chi connectivity index (χ4v) is 4.44. The second-order valence-corrected chi connectivity index (χ2v) is 8.48. The zero-order valence-corrected chi connectivity index (χ0v) is 20.0. The molecule has 1 aliphatic rings. The first-order valence-corrected chi connectivity index (χ1v) is 11.4. The fraction of sp³-hybridized carbons (Fsp3) is 0.538. The van der Waals surface area contributed by atoms with Crippen LogP contribution in [0.2, 0.25) is 0 Å². The highest BCUT2D eigenvalue weighted by Crippen LogP contribution is 2.26. The molecule has 0 aromatic heterocycles. The Balaban J connectivity index is 1.56. The van der Waals surface area contributed by atoms with Crippen molar-refractivity contribution in [1.29, 1.82) is 0 Å². The topological polar surface area (TPSA) is 43.4 Å². The summed E-state index contributed by atoms with van der Waals surface area (Å²) in [6.45, 7) is 6.77. The average Bonchev–Trinajstić information content (AvgIpc) is 2.83. The molecule has 3 rings (SSSR count). The molecule has 6 heteroatoms. The zero-order valence-electron chi connectivity index (χ0n) is 20.0. The van der Waals surface area contributed by atoms with Gasteiger partial charge in [-0.05, 0) is 55.6 Å². The van der Waals surface area contributed by atoms with E-state index in [-0.39, 0.29) is 0 Å². The normalized spacial score (nSPS) is 15.2. The van der Waals surface area contributed by atoms with Gasteiger partial charge in [0.05, 0.1) is 27.9 Å². The van der Waals surface area contributed by atoms with Crippen LogP contribution in [-0.2, 0) is 17.8 Å². The number of methoxy groups -OCH3 is 4. The van der Waals surface area contributed by atoms with Gasteiger partial charge in [-0.1, -0.05) is 18.2 Å². The minimum absolute atomic E-state index is 0.688. The molecule has 6 nitrogen and oxygen atoms in total. The highest BCUT2D eigenvalue weighted by molar-refractivity contribution is 5.38. The third-order valence-electron chi connectivity index (χ3n) is 6.24. The highest BCUT2D eigenvalue weighted by Gasteiger charge is 2.22. The Morgan fingerprint density at radius 2 is 1.59 bits per heavy atom. The molecule has 0 bridgehead atoms. The molecule has 1 saturated heterocycles. The number of ether oxygens (including phenoxy) is 4. The average molecular weight is 443 g/mol. The van der Waals surface area contributed by atoms with Gasteiger partial charge in [-0.3, -0.25) is 9.80 Å². The van der Waals surface area contributed by atoms with Crippen molar-refractivity contribution in [3.63, 3.8) is 0 Å². The van der Waals surface area contributed by atoms with Gasteiger partial charge in [-0.2, -0.15) is 0 Å². The molecule has 2 aromatic carbocycles. The van der Waals surface area contributed by atoms with Gasteiger partial charge >= 0.3 is 0 Å². The Hall–Kier alpha value is -2.28. The third kappa shape index (κ3) is 7.12. The molecular weight excluding hydrogens is 404 g/mol. The number of rotatable bonds is 12. The molecule has 2 aromatic rings. The van der Waals surface area contributed by atoms with Crippen LogP contribution in [0.25, 0.3) is 0 Å². The van der Waals surface area contributed by atoms with E-state index in [1.54, 1.807) is 28.4 Å². The Labute approximate surface area is 193 Å². The zero-order chi connectivity index (χ0) is 22.8. The van der Waals surface area contributed by atoms with E-state index in [9.17, 15) is 0 Å². The third-order valence-corrected chi connectivity index (χ3v) is 6.24. The molecule has 0 atom stereocenters. The summed E-state index contributed by atoms with van der Waals surface area (Å²) in [5, 5.41) is 0. The van der Waals surface area contributed by atoms with Crippen LogP contribution in [0.3, 0.4) is 0 Å². The smallest absolute Gasteiger partial charge is 0.123 e. The van der Waals surface area contributed by atoms with E-state index in [1.807, 2.05) is 18.2 Å². The van der Waals surface area contributed by atoms with Crippen LogP contribution in [0.4, 0.5) is 0 Å². The number of hydrogen-bond donors (Lipinski definition) is 0. The summed E-state index contributed by atoms with van der Waals surface area (Å²) < 4.78 is 21.8. The van der Waals surface area contributed by atoms with Crippen molar-refractivity contribution in [2.75, 3.05) is 61.2 Å². The number of para-hydroxylation sites is 1.